The van der Waals surface area contributed by atoms with Gasteiger partial charge in [-0.3, -0.25) is 14.5 Å². The number of nitrogens with zero attached hydrogens (tertiary/aromatic N) is 2. The smallest absolute Gasteiger partial charge is 0.261 e. The van der Waals surface area contributed by atoms with Crippen LogP contribution in [0.1, 0.15) is 32.1 Å². The van der Waals surface area contributed by atoms with Crippen LogP contribution in [0.15, 0.2) is 48.1 Å². The largest absolute Gasteiger partial charge is 0.274 e. The van der Waals surface area contributed by atoms with Crippen molar-refractivity contribution in [3.05, 3.63) is 74.1 Å². The number of allylic oxidation sites excluding steroid dienone is 4. The molecule has 3 aliphatic rings. The van der Waals surface area contributed by atoms with Crippen LogP contribution >= 0.6 is 11.3 Å². The van der Waals surface area contributed by atoms with Crippen LogP contribution in [0.5, 0.6) is 0 Å². The molecular formula is C20H14N2O2S. The Hall–Kier alpha value is -2.79. The van der Waals surface area contributed by atoms with E-state index in [2.05, 4.69) is 24.3 Å². The van der Waals surface area contributed by atoms with Crippen molar-refractivity contribution >= 4 is 34.8 Å². The molecule has 2 aliphatic carbocycles. The van der Waals surface area contributed by atoms with Crippen LogP contribution in [0.25, 0.3) is 11.6 Å². The molecule has 1 aromatic carbocycles. The minimum Gasteiger partial charge on any atom is -0.274 e. The van der Waals surface area contributed by atoms with Crippen LogP contribution in [0.3, 0.4) is 0 Å². The SMILES string of the molecule is O=C1c2ccccc2C(=O)N1CCc1nc2c(s1)=CC1=CC=CCC=21. The molecule has 1 aromatic heterocycles. The summed E-state index contributed by atoms with van der Waals surface area (Å²) in [6, 6.07) is 7.00. The molecule has 0 fully saturated rings. The number of carbonyl (C=O) groups is 2. The highest BCUT2D eigenvalue weighted by atomic mass is 32.1. The maximum absolute atomic E-state index is 12.4. The number of fused-ring (bicyclic) bond motifs is 3. The summed E-state index contributed by atoms with van der Waals surface area (Å²) in [5.74, 6) is -0.401. The van der Waals surface area contributed by atoms with Crippen LogP contribution in [-0.4, -0.2) is 28.2 Å². The lowest BCUT2D eigenvalue weighted by Gasteiger charge is -2.12. The maximum Gasteiger partial charge on any atom is 0.261 e. The van der Waals surface area contributed by atoms with Crippen LogP contribution < -0.4 is 9.88 Å². The van der Waals surface area contributed by atoms with Gasteiger partial charge in [-0.15, -0.1) is 11.3 Å². The van der Waals surface area contributed by atoms with Gasteiger partial charge in [0.25, 0.3) is 11.8 Å². The van der Waals surface area contributed by atoms with E-state index in [4.69, 9.17) is 4.98 Å². The first-order valence-corrected chi connectivity index (χ1v) is 9.07. The average molecular weight is 346 g/mol. The monoisotopic (exact) mass is 346 g/mol. The number of aromatic nitrogens is 1. The maximum atomic E-state index is 12.4. The second-order valence-corrected chi connectivity index (χ2v) is 7.37. The van der Waals surface area contributed by atoms with Crippen LogP contribution in [0, 0.1) is 0 Å². The van der Waals surface area contributed by atoms with E-state index in [-0.39, 0.29) is 11.8 Å². The Bertz CT molecular complexity index is 1090. The van der Waals surface area contributed by atoms with E-state index in [0.29, 0.717) is 24.1 Å². The van der Waals surface area contributed by atoms with Gasteiger partial charge in [-0.1, -0.05) is 30.4 Å². The Labute approximate surface area is 148 Å². The third-order valence-corrected chi connectivity index (χ3v) is 5.84. The van der Waals surface area contributed by atoms with Crippen LogP contribution in [0.4, 0.5) is 0 Å². The standard InChI is InChI=1S/C20H14N2O2S/c23-19-14-7-3-4-8-15(14)20(24)22(19)10-9-17-21-18-13-6-2-1-5-12(13)11-16(18)25-17/h1-5,7-8,11H,6,9-10H2. The molecule has 2 amide bonds. The summed E-state index contributed by atoms with van der Waals surface area (Å²) in [5.41, 5.74) is 3.53. The predicted octanol–water partition coefficient (Wildman–Crippen LogP) is 1.81. The first-order valence-electron chi connectivity index (χ1n) is 8.25. The van der Waals surface area contributed by atoms with Gasteiger partial charge in [-0.05, 0) is 35.8 Å². The molecule has 0 radical (unpaired) electrons. The van der Waals surface area contributed by atoms with Gasteiger partial charge < -0.3 is 0 Å². The molecule has 0 N–H and O–H groups in total. The molecule has 0 atom stereocenters. The zero-order valence-corrected chi connectivity index (χ0v) is 14.2. The summed E-state index contributed by atoms with van der Waals surface area (Å²) >= 11 is 1.65. The third kappa shape index (κ3) is 2.16. The Morgan fingerprint density at radius 3 is 2.64 bits per heavy atom. The van der Waals surface area contributed by atoms with Gasteiger partial charge in [0.1, 0.15) is 0 Å². The molecule has 25 heavy (non-hydrogen) atoms. The molecule has 0 saturated carbocycles. The molecule has 5 rings (SSSR count). The van der Waals surface area contributed by atoms with Gasteiger partial charge in [0, 0.05) is 13.0 Å². The number of hydrogen-bond acceptors (Lipinski definition) is 4. The summed E-state index contributed by atoms with van der Waals surface area (Å²) in [5, 5.41) is 2.04. The number of benzene rings is 1. The highest BCUT2D eigenvalue weighted by Crippen LogP contribution is 2.24. The topological polar surface area (TPSA) is 50.3 Å². The lowest BCUT2D eigenvalue weighted by Crippen LogP contribution is -2.31. The molecule has 2 heterocycles. The van der Waals surface area contributed by atoms with Crippen molar-refractivity contribution in [1.82, 2.24) is 9.88 Å². The summed E-state index contributed by atoms with van der Waals surface area (Å²) in [7, 11) is 0. The number of hydrogen-bond donors (Lipinski definition) is 0. The van der Waals surface area contributed by atoms with E-state index in [1.807, 2.05) is 0 Å². The molecule has 0 spiro atoms. The molecular weight excluding hydrogens is 332 g/mol. The van der Waals surface area contributed by atoms with E-state index in [1.165, 1.54) is 20.6 Å². The van der Waals surface area contributed by atoms with E-state index < -0.39 is 0 Å². The zero-order valence-electron chi connectivity index (χ0n) is 13.4. The summed E-state index contributed by atoms with van der Waals surface area (Å²) in [6.07, 6.45) is 10.0. The van der Waals surface area contributed by atoms with Crippen LogP contribution in [-0.2, 0) is 6.42 Å². The van der Waals surface area contributed by atoms with Crippen molar-refractivity contribution in [1.29, 1.82) is 0 Å². The molecule has 2 aromatic rings. The van der Waals surface area contributed by atoms with E-state index in [0.717, 1.165) is 16.8 Å². The second-order valence-electron chi connectivity index (χ2n) is 6.26. The van der Waals surface area contributed by atoms with Gasteiger partial charge in [0.15, 0.2) is 0 Å². The minimum atomic E-state index is -0.201. The molecule has 4 nitrogen and oxygen atoms in total. The van der Waals surface area contributed by atoms with Gasteiger partial charge in [-0.2, -0.15) is 0 Å². The van der Waals surface area contributed by atoms with Gasteiger partial charge in [0.05, 0.1) is 26.0 Å². The summed E-state index contributed by atoms with van der Waals surface area (Å²) in [4.78, 5) is 30.9. The lowest BCUT2D eigenvalue weighted by molar-refractivity contribution is 0.0656. The number of amides is 2. The number of imide groups is 1. The van der Waals surface area contributed by atoms with E-state index in [1.54, 1.807) is 35.6 Å². The van der Waals surface area contributed by atoms with Crippen molar-refractivity contribution in [3.63, 3.8) is 0 Å². The quantitative estimate of drug-likeness (QED) is 0.797. The first kappa shape index (κ1) is 14.5. The highest BCUT2D eigenvalue weighted by molar-refractivity contribution is 7.09. The number of carbonyl (C=O) groups excluding carboxylic acids is 2. The lowest BCUT2D eigenvalue weighted by atomic mass is 10.0. The third-order valence-electron chi connectivity index (χ3n) is 4.78. The Balaban J connectivity index is 1.39. The summed E-state index contributed by atoms with van der Waals surface area (Å²) < 4.78 is 1.18. The van der Waals surface area contributed by atoms with Crippen molar-refractivity contribution in [3.8, 4) is 0 Å². The Kier molecular flexibility index (Phi) is 3.12. The number of rotatable bonds is 3. The Morgan fingerprint density at radius 2 is 1.88 bits per heavy atom. The predicted molar refractivity (Wildman–Crippen MR) is 96.6 cm³/mol. The molecule has 1 aliphatic heterocycles. The summed E-state index contributed by atoms with van der Waals surface area (Å²) in [6.45, 7) is 0.372. The van der Waals surface area contributed by atoms with E-state index >= 15 is 0 Å². The first-order chi connectivity index (χ1) is 12.2. The fraction of sp³-hybridized carbons (Fsp3) is 0.150. The average Bonchev–Trinajstić information content (AvgIpc) is 3.25. The Morgan fingerprint density at radius 1 is 1.12 bits per heavy atom. The fourth-order valence-electron chi connectivity index (χ4n) is 3.53. The van der Waals surface area contributed by atoms with Crippen molar-refractivity contribution in [2.75, 3.05) is 6.54 Å². The second kappa shape index (κ2) is 5.36. The van der Waals surface area contributed by atoms with Gasteiger partial charge >= 0.3 is 0 Å². The molecule has 0 bridgehead atoms. The van der Waals surface area contributed by atoms with Crippen LogP contribution in [0.2, 0.25) is 0 Å². The molecule has 0 saturated heterocycles. The fourth-order valence-corrected chi connectivity index (χ4v) is 4.57. The van der Waals surface area contributed by atoms with Crippen molar-refractivity contribution < 1.29 is 9.59 Å². The van der Waals surface area contributed by atoms with Crippen molar-refractivity contribution in [2.45, 2.75) is 12.8 Å². The normalized spacial score (nSPS) is 17.4. The molecule has 0 unspecified atom stereocenters. The minimum absolute atomic E-state index is 0.201. The van der Waals surface area contributed by atoms with Gasteiger partial charge in [0.2, 0.25) is 0 Å². The number of thiazole rings is 1. The highest BCUT2D eigenvalue weighted by Gasteiger charge is 2.34. The molecule has 122 valence electrons. The molecule has 5 heteroatoms. The zero-order chi connectivity index (χ0) is 17.0. The van der Waals surface area contributed by atoms with Crippen molar-refractivity contribution in [2.24, 2.45) is 0 Å². The van der Waals surface area contributed by atoms with E-state index in [9.17, 15) is 9.59 Å². The van der Waals surface area contributed by atoms with Gasteiger partial charge in [-0.25, -0.2) is 4.98 Å².